The van der Waals surface area contributed by atoms with Crippen LogP contribution in [0, 0.1) is 5.92 Å². The summed E-state index contributed by atoms with van der Waals surface area (Å²) in [5, 5.41) is 0. The van der Waals surface area contributed by atoms with Gasteiger partial charge in [-0.15, -0.1) is 0 Å². The molecule has 0 heterocycles. The number of fused-ring (bicyclic) bond motifs is 1. The maximum Gasteiger partial charge on any atom is 0.203 e. The molecular weight excluding hydrogens is 312 g/mol. The number of methoxy groups -OCH3 is 4. The first kappa shape index (κ1) is 18.5. The molecule has 0 spiro atoms. The molecule has 0 radical (unpaired) electrons. The highest BCUT2D eigenvalue weighted by molar-refractivity contribution is 5.78. The maximum atomic E-state index is 12.0. The van der Waals surface area contributed by atoms with Gasteiger partial charge in [0.2, 0.25) is 5.75 Å². The predicted octanol–water partition coefficient (Wildman–Crippen LogP) is 2.92. The lowest BCUT2D eigenvalue weighted by Crippen LogP contribution is -2.16. The van der Waals surface area contributed by atoms with E-state index in [1.54, 1.807) is 35.4 Å². The zero-order valence-electron chi connectivity index (χ0n) is 15.0. The van der Waals surface area contributed by atoms with E-state index in [0.29, 0.717) is 23.7 Å². The molecule has 1 aromatic rings. The molecule has 1 aromatic carbocycles. The van der Waals surface area contributed by atoms with Crippen molar-refractivity contribution >= 4 is 5.78 Å². The maximum absolute atomic E-state index is 12.0. The summed E-state index contributed by atoms with van der Waals surface area (Å²) in [6.45, 7) is 1.79. The highest BCUT2D eigenvalue weighted by Crippen LogP contribution is 2.47. The van der Waals surface area contributed by atoms with Crippen LogP contribution in [0.15, 0.2) is 6.07 Å². The van der Waals surface area contributed by atoms with Crippen molar-refractivity contribution in [3.8, 4) is 17.2 Å². The third-order valence-corrected chi connectivity index (χ3v) is 4.52. The molecule has 1 aliphatic carbocycles. The van der Waals surface area contributed by atoms with Crippen molar-refractivity contribution in [2.45, 2.75) is 32.3 Å². The van der Waals surface area contributed by atoms with Crippen molar-refractivity contribution < 1.29 is 28.5 Å². The molecule has 2 atom stereocenters. The zero-order chi connectivity index (χ0) is 17.7. The first-order valence-corrected chi connectivity index (χ1v) is 8.00. The second-order valence-electron chi connectivity index (χ2n) is 5.86. The van der Waals surface area contributed by atoms with Crippen LogP contribution in [0.2, 0.25) is 0 Å². The van der Waals surface area contributed by atoms with Crippen LogP contribution in [0.4, 0.5) is 0 Å². The van der Waals surface area contributed by atoms with Crippen molar-refractivity contribution in [2.75, 3.05) is 35.2 Å². The summed E-state index contributed by atoms with van der Waals surface area (Å²) in [5.41, 5.74) is 1.96. The fraction of sp³-hybridized carbons (Fsp3) is 0.611. The van der Waals surface area contributed by atoms with Gasteiger partial charge in [0, 0.05) is 18.6 Å². The Hall–Kier alpha value is -1.79. The van der Waals surface area contributed by atoms with Gasteiger partial charge in [0.1, 0.15) is 12.6 Å². The Balaban J connectivity index is 2.56. The number of ether oxygens (including phenoxy) is 5. The number of hydrogen-bond acceptors (Lipinski definition) is 6. The van der Waals surface area contributed by atoms with E-state index >= 15 is 0 Å². The van der Waals surface area contributed by atoms with Crippen LogP contribution < -0.4 is 14.2 Å². The van der Waals surface area contributed by atoms with Gasteiger partial charge in [-0.05, 0) is 37.8 Å². The molecule has 24 heavy (non-hydrogen) atoms. The minimum absolute atomic E-state index is 0.0547. The van der Waals surface area contributed by atoms with Gasteiger partial charge < -0.3 is 23.7 Å². The standard InChI is InChI=1S/C18H26O6/c1-11(19)12-6-7-13-14(15(8-12)24-10-20-2)9-16(21-3)18(23-5)17(13)22-4/h9,12,15H,6-8,10H2,1-5H3. The second-order valence-corrected chi connectivity index (χ2v) is 5.86. The van der Waals surface area contributed by atoms with Crippen LogP contribution in [0.3, 0.4) is 0 Å². The smallest absolute Gasteiger partial charge is 0.203 e. The predicted molar refractivity (Wildman–Crippen MR) is 88.9 cm³/mol. The lowest BCUT2D eigenvalue weighted by atomic mass is 9.94. The van der Waals surface area contributed by atoms with Gasteiger partial charge in [-0.1, -0.05) is 0 Å². The van der Waals surface area contributed by atoms with Crippen LogP contribution in [-0.2, 0) is 20.7 Å². The van der Waals surface area contributed by atoms with Gasteiger partial charge >= 0.3 is 0 Å². The number of benzene rings is 1. The molecule has 6 nitrogen and oxygen atoms in total. The quantitative estimate of drug-likeness (QED) is 0.563. The third kappa shape index (κ3) is 3.65. The highest BCUT2D eigenvalue weighted by Gasteiger charge is 2.32. The molecule has 2 unspecified atom stereocenters. The van der Waals surface area contributed by atoms with Gasteiger partial charge in [-0.25, -0.2) is 0 Å². The molecule has 0 saturated carbocycles. The van der Waals surface area contributed by atoms with E-state index in [-0.39, 0.29) is 24.6 Å². The highest BCUT2D eigenvalue weighted by atomic mass is 16.7. The van der Waals surface area contributed by atoms with Gasteiger partial charge in [0.05, 0.1) is 27.4 Å². The Morgan fingerprint density at radius 3 is 2.38 bits per heavy atom. The van der Waals surface area contributed by atoms with Crippen LogP contribution in [-0.4, -0.2) is 41.0 Å². The summed E-state index contributed by atoms with van der Waals surface area (Å²) in [5.74, 6) is 1.90. The van der Waals surface area contributed by atoms with E-state index in [1.165, 1.54) is 0 Å². The number of hydrogen-bond donors (Lipinski definition) is 0. The number of carbonyl (C=O) groups excluding carboxylic acids is 1. The molecule has 6 heteroatoms. The summed E-state index contributed by atoms with van der Waals surface area (Å²) < 4.78 is 27.5. The molecule has 0 N–H and O–H groups in total. The van der Waals surface area contributed by atoms with Crippen LogP contribution in [0.5, 0.6) is 17.2 Å². The van der Waals surface area contributed by atoms with Crippen LogP contribution in [0.1, 0.15) is 37.0 Å². The largest absolute Gasteiger partial charge is 0.493 e. The van der Waals surface area contributed by atoms with Crippen LogP contribution >= 0.6 is 0 Å². The molecule has 0 aliphatic heterocycles. The van der Waals surface area contributed by atoms with E-state index in [4.69, 9.17) is 23.7 Å². The lowest BCUT2D eigenvalue weighted by molar-refractivity contribution is -0.124. The Kier molecular flexibility index (Phi) is 6.45. The molecule has 2 rings (SSSR count). The fourth-order valence-corrected chi connectivity index (χ4v) is 3.28. The fourth-order valence-electron chi connectivity index (χ4n) is 3.28. The van der Waals surface area contributed by atoms with Crippen molar-refractivity contribution in [2.24, 2.45) is 5.92 Å². The van der Waals surface area contributed by atoms with E-state index in [9.17, 15) is 4.79 Å². The van der Waals surface area contributed by atoms with Crippen LogP contribution in [0.25, 0.3) is 0 Å². The topological polar surface area (TPSA) is 63.2 Å². The third-order valence-electron chi connectivity index (χ3n) is 4.52. The SMILES string of the molecule is COCOC1CC(C(C)=O)CCc2c1cc(OC)c(OC)c2OC. The Labute approximate surface area is 143 Å². The number of carbonyl (C=O) groups is 1. The van der Waals surface area contributed by atoms with E-state index in [2.05, 4.69) is 0 Å². The Morgan fingerprint density at radius 1 is 1.12 bits per heavy atom. The summed E-state index contributed by atoms with van der Waals surface area (Å²) in [6.07, 6.45) is 1.83. The summed E-state index contributed by atoms with van der Waals surface area (Å²) >= 11 is 0. The first-order chi connectivity index (χ1) is 11.6. The summed E-state index contributed by atoms with van der Waals surface area (Å²) in [7, 11) is 6.36. The number of ketones is 1. The minimum Gasteiger partial charge on any atom is -0.493 e. The van der Waals surface area contributed by atoms with Gasteiger partial charge in [-0.3, -0.25) is 4.79 Å². The Bertz CT molecular complexity index is 583. The van der Waals surface area contributed by atoms with E-state index < -0.39 is 0 Å². The lowest BCUT2D eigenvalue weighted by Gasteiger charge is -2.23. The molecule has 0 amide bonds. The molecule has 1 aliphatic rings. The average molecular weight is 338 g/mol. The normalized spacial score (nSPS) is 20.0. The van der Waals surface area contributed by atoms with Gasteiger partial charge in [0.15, 0.2) is 11.5 Å². The number of Topliss-reactive ketones (excluding diaryl/α,β-unsaturated/α-hetero) is 1. The number of rotatable bonds is 7. The first-order valence-electron chi connectivity index (χ1n) is 8.00. The summed E-state index contributed by atoms with van der Waals surface area (Å²) in [6, 6.07) is 1.92. The second kappa shape index (κ2) is 8.35. The van der Waals surface area contributed by atoms with Crippen molar-refractivity contribution in [3.05, 3.63) is 17.2 Å². The molecule has 134 valence electrons. The zero-order valence-corrected chi connectivity index (χ0v) is 15.0. The van der Waals surface area contributed by atoms with Crippen molar-refractivity contribution in [3.63, 3.8) is 0 Å². The van der Waals surface area contributed by atoms with Gasteiger partial charge in [0.25, 0.3) is 0 Å². The van der Waals surface area contributed by atoms with Gasteiger partial charge in [-0.2, -0.15) is 0 Å². The van der Waals surface area contributed by atoms with Crippen molar-refractivity contribution in [1.29, 1.82) is 0 Å². The summed E-state index contributed by atoms with van der Waals surface area (Å²) in [4.78, 5) is 12.0. The molecule has 0 aromatic heterocycles. The molecular formula is C18H26O6. The molecule has 0 saturated heterocycles. The minimum atomic E-state index is -0.259. The molecule has 0 bridgehead atoms. The monoisotopic (exact) mass is 338 g/mol. The van der Waals surface area contributed by atoms with E-state index in [1.807, 2.05) is 6.07 Å². The molecule has 0 fully saturated rings. The van der Waals surface area contributed by atoms with Crippen molar-refractivity contribution in [1.82, 2.24) is 0 Å². The Morgan fingerprint density at radius 2 is 1.83 bits per heavy atom. The average Bonchev–Trinajstić information content (AvgIpc) is 2.77. The van der Waals surface area contributed by atoms with E-state index in [0.717, 1.165) is 24.0 Å².